The van der Waals surface area contributed by atoms with Crippen molar-refractivity contribution in [3.63, 3.8) is 0 Å². The minimum absolute atomic E-state index is 0.122. The van der Waals surface area contributed by atoms with E-state index in [2.05, 4.69) is 4.90 Å². The molecule has 0 radical (unpaired) electrons. The maximum atomic E-state index is 11.6. The first-order valence-corrected chi connectivity index (χ1v) is 5.83. The Labute approximate surface area is 101 Å². The summed E-state index contributed by atoms with van der Waals surface area (Å²) in [5.41, 5.74) is 1.04. The van der Waals surface area contributed by atoms with Crippen molar-refractivity contribution < 1.29 is 14.3 Å². The van der Waals surface area contributed by atoms with Gasteiger partial charge in [-0.1, -0.05) is 0 Å². The Bertz CT molecular complexity index is 388. The van der Waals surface area contributed by atoms with Crippen molar-refractivity contribution in [2.45, 2.75) is 19.4 Å². The SMILES string of the molecule is CCOC(=O)C1CCN1c1ccc(OC)cc1. The molecule has 0 spiro atoms. The lowest BCUT2D eigenvalue weighted by Crippen LogP contribution is -2.53. The van der Waals surface area contributed by atoms with Crippen LogP contribution in [-0.4, -0.2) is 32.3 Å². The van der Waals surface area contributed by atoms with Gasteiger partial charge in [0.1, 0.15) is 11.8 Å². The fourth-order valence-corrected chi connectivity index (χ4v) is 1.95. The van der Waals surface area contributed by atoms with Crippen LogP contribution in [0.1, 0.15) is 13.3 Å². The number of hydrogen-bond acceptors (Lipinski definition) is 4. The van der Waals surface area contributed by atoms with Crippen molar-refractivity contribution in [2.24, 2.45) is 0 Å². The Morgan fingerprint density at radius 3 is 2.59 bits per heavy atom. The molecule has 1 aliphatic rings. The molecule has 0 bridgehead atoms. The molecule has 4 heteroatoms. The van der Waals surface area contributed by atoms with Gasteiger partial charge in [-0.05, 0) is 37.6 Å². The molecule has 0 saturated carbocycles. The fourth-order valence-electron chi connectivity index (χ4n) is 1.95. The van der Waals surface area contributed by atoms with E-state index in [1.54, 1.807) is 7.11 Å². The molecule has 92 valence electrons. The number of hydrogen-bond donors (Lipinski definition) is 0. The van der Waals surface area contributed by atoms with Crippen LogP contribution in [0.15, 0.2) is 24.3 Å². The monoisotopic (exact) mass is 235 g/mol. The summed E-state index contributed by atoms with van der Waals surface area (Å²) in [4.78, 5) is 13.7. The Morgan fingerprint density at radius 2 is 2.12 bits per heavy atom. The number of benzene rings is 1. The molecule has 1 atom stereocenters. The van der Waals surface area contributed by atoms with Crippen LogP contribution >= 0.6 is 0 Å². The van der Waals surface area contributed by atoms with E-state index in [0.717, 1.165) is 24.4 Å². The number of carbonyl (C=O) groups is 1. The van der Waals surface area contributed by atoms with E-state index in [-0.39, 0.29) is 12.0 Å². The van der Waals surface area contributed by atoms with Gasteiger partial charge in [-0.2, -0.15) is 0 Å². The standard InChI is InChI=1S/C13H17NO3/c1-3-17-13(15)12-8-9-14(12)10-4-6-11(16-2)7-5-10/h4-7,12H,3,8-9H2,1-2H3. The van der Waals surface area contributed by atoms with Gasteiger partial charge in [0.25, 0.3) is 0 Å². The molecular weight excluding hydrogens is 218 g/mol. The van der Waals surface area contributed by atoms with Crippen molar-refractivity contribution in [3.05, 3.63) is 24.3 Å². The molecule has 1 aliphatic heterocycles. The van der Waals surface area contributed by atoms with E-state index in [1.807, 2.05) is 31.2 Å². The van der Waals surface area contributed by atoms with Crippen molar-refractivity contribution >= 4 is 11.7 Å². The van der Waals surface area contributed by atoms with E-state index in [4.69, 9.17) is 9.47 Å². The summed E-state index contributed by atoms with van der Waals surface area (Å²) >= 11 is 0. The normalized spacial score (nSPS) is 18.5. The minimum Gasteiger partial charge on any atom is -0.497 e. The van der Waals surface area contributed by atoms with Gasteiger partial charge < -0.3 is 14.4 Å². The Kier molecular flexibility index (Phi) is 3.52. The number of anilines is 1. The predicted molar refractivity (Wildman–Crippen MR) is 65.4 cm³/mol. The number of methoxy groups -OCH3 is 1. The molecule has 0 N–H and O–H groups in total. The molecule has 1 saturated heterocycles. The van der Waals surface area contributed by atoms with Gasteiger partial charge in [0, 0.05) is 12.2 Å². The lowest BCUT2D eigenvalue weighted by Gasteiger charge is -2.40. The molecule has 0 aromatic heterocycles. The Hall–Kier alpha value is -1.71. The molecule has 1 heterocycles. The van der Waals surface area contributed by atoms with Crippen LogP contribution in [0.4, 0.5) is 5.69 Å². The summed E-state index contributed by atoms with van der Waals surface area (Å²) in [6.45, 7) is 3.16. The molecular formula is C13H17NO3. The number of esters is 1. The first kappa shape index (κ1) is 11.8. The summed E-state index contributed by atoms with van der Waals surface area (Å²) in [5.74, 6) is 0.691. The quantitative estimate of drug-likeness (QED) is 0.746. The number of rotatable bonds is 4. The summed E-state index contributed by atoms with van der Waals surface area (Å²) in [6.07, 6.45) is 0.866. The summed E-state index contributed by atoms with van der Waals surface area (Å²) in [7, 11) is 1.64. The number of ether oxygens (including phenoxy) is 2. The van der Waals surface area contributed by atoms with Crippen LogP contribution in [0.2, 0.25) is 0 Å². The predicted octanol–water partition coefficient (Wildman–Crippen LogP) is 1.84. The van der Waals surface area contributed by atoms with Gasteiger partial charge >= 0.3 is 5.97 Å². The third-order valence-electron chi connectivity index (χ3n) is 2.98. The minimum atomic E-state index is -0.130. The second kappa shape index (κ2) is 5.08. The topological polar surface area (TPSA) is 38.8 Å². The zero-order valence-electron chi connectivity index (χ0n) is 10.2. The highest BCUT2D eigenvalue weighted by Gasteiger charge is 2.35. The molecule has 0 amide bonds. The zero-order valence-corrected chi connectivity index (χ0v) is 10.2. The van der Waals surface area contributed by atoms with Gasteiger partial charge in [-0.15, -0.1) is 0 Å². The lowest BCUT2D eigenvalue weighted by atomic mass is 10.0. The van der Waals surface area contributed by atoms with Crippen molar-refractivity contribution in [2.75, 3.05) is 25.2 Å². The van der Waals surface area contributed by atoms with Gasteiger partial charge in [0.2, 0.25) is 0 Å². The molecule has 0 aliphatic carbocycles. The zero-order chi connectivity index (χ0) is 12.3. The molecule has 1 fully saturated rings. The smallest absolute Gasteiger partial charge is 0.328 e. The van der Waals surface area contributed by atoms with E-state index >= 15 is 0 Å². The third kappa shape index (κ3) is 2.35. The van der Waals surface area contributed by atoms with E-state index in [9.17, 15) is 4.79 Å². The van der Waals surface area contributed by atoms with Crippen LogP contribution < -0.4 is 9.64 Å². The molecule has 17 heavy (non-hydrogen) atoms. The fraction of sp³-hybridized carbons (Fsp3) is 0.462. The number of nitrogens with zero attached hydrogens (tertiary/aromatic N) is 1. The average molecular weight is 235 g/mol. The van der Waals surface area contributed by atoms with Gasteiger partial charge in [0.15, 0.2) is 0 Å². The molecule has 1 unspecified atom stereocenters. The highest BCUT2D eigenvalue weighted by atomic mass is 16.5. The maximum absolute atomic E-state index is 11.6. The van der Waals surface area contributed by atoms with Crippen LogP contribution in [0.5, 0.6) is 5.75 Å². The first-order chi connectivity index (χ1) is 8.26. The van der Waals surface area contributed by atoms with Crippen molar-refractivity contribution in [1.29, 1.82) is 0 Å². The lowest BCUT2D eigenvalue weighted by molar-refractivity contribution is -0.146. The molecule has 4 nitrogen and oxygen atoms in total. The van der Waals surface area contributed by atoms with Crippen molar-refractivity contribution in [3.8, 4) is 5.75 Å². The van der Waals surface area contributed by atoms with E-state index < -0.39 is 0 Å². The van der Waals surface area contributed by atoms with Crippen LogP contribution in [0.25, 0.3) is 0 Å². The van der Waals surface area contributed by atoms with Gasteiger partial charge in [0.05, 0.1) is 13.7 Å². The van der Waals surface area contributed by atoms with Gasteiger partial charge in [-0.3, -0.25) is 0 Å². The van der Waals surface area contributed by atoms with Crippen LogP contribution in [0, 0.1) is 0 Å². The second-order valence-electron chi connectivity index (χ2n) is 3.95. The first-order valence-electron chi connectivity index (χ1n) is 5.83. The maximum Gasteiger partial charge on any atom is 0.328 e. The van der Waals surface area contributed by atoms with Crippen LogP contribution in [-0.2, 0) is 9.53 Å². The Balaban J connectivity index is 2.04. The molecule has 2 rings (SSSR count). The highest BCUT2D eigenvalue weighted by Crippen LogP contribution is 2.28. The Morgan fingerprint density at radius 1 is 1.41 bits per heavy atom. The van der Waals surface area contributed by atoms with Gasteiger partial charge in [-0.25, -0.2) is 4.79 Å². The number of carbonyl (C=O) groups excluding carboxylic acids is 1. The van der Waals surface area contributed by atoms with Crippen LogP contribution in [0.3, 0.4) is 0 Å². The second-order valence-corrected chi connectivity index (χ2v) is 3.95. The summed E-state index contributed by atoms with van der Waals surface area (Å²) in [6, 6.07) is 7.60. The summed E-state index contributed by atoms with van der Waals surface area (Å²) < 4.78 is 10.1. The summed E-state index contributed by atoms with van der Waals surface area (Å²) in [5, 5.41) is 0. The highest BCUT2D eigenvalue weighted by molar-refractivity contribution is 5.82. The van der Waals surface area contributed by atoms with E-state index in [0.29, 0.717) is 6.61 Å². The van der Waals surface area contributed by atoms with Crippen molar-refractivity contribution in [1.82, 2.24) is 0 Å². The largest absolute Gasteiger partial charge is 0.497 e. The molecule has 1 aromatic rings. The average Bonchev–Trinajstić information content (AvgIpc) is 2.29. The van der Waals surface area contributed by atoms with E-state index in [1.165, 1.54) is 0 Å². The third-order valence-corrected chi connectivity index (χ3v) is 2.98. The molecule has 1 aromatic carbocycles.